The minimum Gasteiger partial charge on any atom is -0.309 e. The van der Waals surface area contributed by atoms with Gasteiger partial charge < -0.3 is 4.57 Å². The number of rotatable bonds is 12. The summed E-state index contributed by atoms with van der Waals surface area (Å²) in [6.45, 7) is 0. The van der Waals surface area contributed by atoms with Crippen molar-refractivity contribution in [1.29, 1.82) is 0 Å². The summed E-state index contributed by atoms with van der Waals surface area (Å²) in [7, 11) is 0. The van der Waals surface area contributed by atoms with E-state index < -0.39 is 10.8 Å². The van der Waals surface area contributed by atoms with Crippen LogP contribution < -0.4 is 0 Å². The van der Waals surface area contributed by atoms with Crippen LogP contribution in [0.5, 0.6) is 0 Å². The SMILES string of the molecule is c1ccc(-c2cccc(-n3c4ccc(-c5ccc6c(c5)-c5ccccc5C6c5ccc6ccccc6c5)cc4c4ccc5c(c43)C(c3ccccc3)(c3ccccc3)c3ccccc3-5)c2)cc1.c1ccc(-c2cccc(C3c4ccc(-c5ccc6c(c5)-c5ccccc5C6c5ccc6ccccc6c5)cc4-c4ccc5c(c43)-c3ccccc3C5(c3ccccc3)c3ccccc3)c2)cc1. The molecule has 0 N–H and O–H groups in total. The third kappa shape index (κ3) is 11.8. The molecule has 0 saturated carbocycles. The second kappa shape index (κ2) is 30.9. The lowest BCUT2D eigenvalue weighted by Crippen LogP contribution is -2.29. The highest BCUT2D eigenvalue weighted by Gasteiger charge is 2.51. The highest BCUT2D eigenvalue weighted by atomic mass is 15.0. The second-order valence-corrected chi connectivity index (χ2v) is 37.0. The monoisotopic (exact) mass is 1700 g/mol. The van der Waals surface area contributed by atoms with E-state index in [1.54, 1.807) is 0 Å². The molecule has 0 saturated heterocycles. The molecule has 1 heteroatoms. The van der Waals surface area contributed by atoms with Crippen LogP contribution >= 0.6 is 0 Å². The summed E-state index contributed by atoms with van der Waals surface area (Å²) in [4.78, 5) is 0. The Hall–Kier alpha value is -16.8. The molecule has 28 rings (SSSR count). The first-order chi connectivity index (χ1) is 66.5. The van der Waals surface area contributed by atoms with Gasteiger partial charge in [-0.15, -0.1) is 0 Å². The topological polar surface area (TPSA) is 4.93 Å². The predicted molar refractivity (Wildman–Crippen MR) is 557 cm³/mol. The minimum absolute atomic E-state index is 0.0303. The highest BCUT2D eigenvalue weighted by molar-refractivity contribution is 6.15. The molecule has 0 spiro atoms. The van der Waals surface area contributed by atoms with E-state index in [-0.39, 0.29) is 17.8 Å². The van der Waals surface area contributed by atoms with Crippen molar-refractivity contribution < 1.29 is 0 Å². The number of benzene rings is 22. The van der Waals surface area contributed by atoms with Crippen molar-refractivity contribution in [2.75, 3.05) is 0 Å². The molecule has 5 aliphatic carbocycles. The van der Waals surface area contributed by atoms with E-state index in [1.165, 1.54) is 238 Å². The van der Waals surface area contributed by atoms with Gasteiger partial charge in [0.2, 0.25) is 0 Å². The van der Waals surface area contributed by atoms with E-state index in [0.29, 0.717) is 0 Å². The van der Waals surface area contributed by atoms with E-state index in [2.05, 4.69) is 514 Å². The first kappa shape index (κ1) is 77.1. The second-order valence-electron chi connectivity index (χ2n) is 37.0. The number of hydrogen-bond acceptors (Lipinski definition) is 0. The van der Waals surface area contributed by atoms with Crippen molar-refractivity contribution in [2.24, 2.45) is 0 Å². The maximum absolute atomic E-state index is 2.57. The molecule has 0 bridgehead atoms. The maximum atomic E-state index is 2.57. The van der Waals surface area contributed by atoms with Crippen molar-refractivity contribution in [1.82, 2.24) is 4.57 Å². The zero-order valence-corrected chi connectivity index (χ0v) is 73.7. The molecule has 23 aromatic rings. The fourth-order valence-electron chi connectivity index (χ4n) is 24.5. The first-order valence-corrected chi connectivity index (χ1v) is 47.1. The van der Waals surface area contributed by atoms with Crippen LogP contribution in [0, 0.1) is 0 Å². The van der Waals surface area contributed by atoms with Crippen LogP contribution in [-0.2, 0) is 10.8 Å². The molecule has 22 aromatic carbocycles. The van der Waals surface area contributed by atoms with Gasteiger partial charge in [-0.05, 0) is 253 Å². The van der Waals surface area contributed by atoms with E-state index in [0.717, 1.165) is 5.69 Å². The largest absolute Gasteiger partial charge is 0.309 e. The molecule has 0 amide bonds. The van der Waals surface area contributed by atoms with Gasteiger partial charge >= 0.3 is 0 Å². The van der Waals surface area contributed by atoms with Gasteiger partial charge in [-0.3, -0.25) is 0 Å². The number of fused-ring (bicyclic) bond motifs is 22. The first-order valence-electron chi connectivity index (χ1n) is 47.1. The summed E-state index contributed by atoms with van der Waals surface area (Å²) < 4.78 is 2.57. The van der Waals surface area contributed by atoms with Crippen molar-refractivity contribution in [2.45, 2.75) is 28.6 Å². The summed E-state index contributed by atoms with van der Waals surface area (Å²) >= 11 is 0. The Bertz CT molecular complexity index is 8600. The Labute approximate surface area is 780 Å². The van der Waals surface area contributed by atoms with E-state index in [9.17, 15) is 0 Å². The van der Waals surface area contributed by atoms with Gasteiger partial charge in [-0.2, -0.15) is 0 Å². The lowest BCUT2D eigenvalue weighted by atomic mass is 9.67. The normalized spacial score (nSPS) is 14.9. The van der Waals surface area contributed by atoms with Gasteiger partial charge in [-0.1, -0.05) is 467 Å². The third-order valence-electron chi connectivity index (χ3n) is 30.2. The molecule has 624 valence electrons. The van der Waals surface area contributed by atoms with Crippen molar-refractivity contribution >= 4 is 43.4 Å². The summed E-state index contributed by atoms with van der Waals surface area (Å²) in [6, 6.07) is 191. The molecule has 1 heterocycles. The smallest absolute Gasteiger partial charge is 0.0734 e. The van der Waals surface area contributed by atoms with Crippen molar-refractivity contribution in [3.05, 3.63) is 604 Å². The lowest BCUT2D eigenvalue weighted by molar-refractivity contribution is 0.767. The molecule has 134 heavy (non-hydrogen) atoms. The molecule has 0 fully saturated rings. The van der Waals surface area contributed by atoms with Gasteiger partial charge in [0.1, 0.15) is 0 Å². The van der Waals surface area contributed by atoms with Crippen LogP contribution in [0.15, 0.2) is 510 Å². The fraction of sp³-hybridized carbons (Fsp3) is 0.0376. The van der Waals surface area contributed by atoms with Crippen LogP contribution in [0.4, 0.5) is 0 Å². The summed E-state index contributed by atoms with van der Waals surface area (Å²) in [5, 5.41) is 7.59. The van der Waals surface area contributed by atoms with Gasteiger partial charge in [-0.25, -0.2) is 0 Å². The molecule has 3 atom stereocenters. The number of aromatic nitrogens is 1. The lowest BCUT2D eigenvalue weighted by Gasteiger charge is -2.34. The van der Waals surface area contributed by atoms with E-state index >= 15 is 0 Å². The standard InChI is InChI=1S/C67H44.C66H43N/c1-4-17-43(18-5-1)46-21-16-22-49(39-46)64-56-36-34-48(47-33-35-55-59(41-47)53-27-12-13-28-54(53)63(55)50-32-31-44-19-10-11-20-45(44)40-50)42-60(56)57-37-38-62-65(66(57)64)58-29-14-15-30-61(58)67(62,51-23-6-2-7-24-51)52-25-8-3-9-26-52;1-4-17-43(18-5-1)46-21-16-26-52(40-46)67-62-38-34-48(47-33-35-56-59(41-47)53-27-12-13-29-55(53)63(56)49-32-31-44-19-10-11-20-45(44)39-49)42-60(62)58-37-36-57-54-28-14-15-30-61(54)66(64(57)65(58)67,50-22-6-2-7-23-50)51-24-8-3-9-25-51/h1-42,63-64H;1-42,63H. The fourth-order valence-corrected chi connectivity index (χ4v) is 24.5. The molecule has 1 nitrogen and oxygen atoms in total. The molecule has 3 unspecified atom stereocenters. The Kier molecular flexibility index (Phi) is 17.8. The van der Waals surface area contributed by atoms with E-state index in [1.807, 2.05) is 0 Å². The summed E-state index contributed by atoms with van der Waals surface area (Å²) in [5.74, 6) is 0.397. The number of hydrogen-bond donors (Lipinski definition) is 0. The average Bonchev–Trinajstić information content (AvgIpc) is 1.52. The molecule has 0 radical (unpaired) electrons. The van der Waals surface area contributed by atoms with Gasteiger partial charge in [0.15, 0.2) is 0 Å². The quantitative estimate of drug-likeness (QED) is 0.115. The molecular formula is C133H87N. The van der Waals surface area contributed by atoms with Crippen LogP contribution in [0.25, 0.3) is 149 Å². The van der Waals surface area contributed by atoms with Crippen molar-refractivity contribution in [3.8, 4) is 106 Å². The molecule has 0 aliphatic heterocycles. The third-order valence-corrected chi connectivity index (χ3v) is 30.2. The van der Waals surface area contributed by atoms with Crippen LogP contribution in [0.1, 0.15) is 112 Å². The molecule has 5 aliphatic rings. The zero-order chi connectivity index (χ0) is 88.1. The summed E-state index contributed by atoms with van der Waals surface area (Å²) in [6.07, 6.45) is 0. The Morgan fingerprint density at radius 2 is 0.575 bits per heavy atom. The molecular weight excluding hydrogens is 1610 g/mol. The zero-order valence-electron chi connectivity index (χ0n) is 73.7. The Morgan fingerprint density at radius 3 is 1.12 bits per heavy atom. The van der Waals surface area contributed by atoms with Crippen LogP contribution in [0.3, 0.4) is 0 Å². The highest BCUT2D eigenvalue weighted by Crippen LogP contribution is 2.65. The van der Waals surface area contributed by atoms with Crippen LogP contribution in [-0.4, -0.2) is 4.57 Å². The van der Waals surface area contributed by atoms with Crippen LogP contribution in [0.2, 0.25) is 0 Å². The van der Waals surface area contributed by atoms with E-state index in [4.69, 9.17) is 0 Å². The predicted octanol–water partition coefficient (Wildman–Crippen LogP) is 33.7. The average molecular weight is 1700 g/mol. The van der Waals surface area contributed by atoms with Crippen molar-refractivity contribution in [3.63, 3.8) is 0 Å². The van der Waals surface area contributed by atoms with Gasteiger partial charge in [0.25, 0.3) is 0 Å². The summed E-state index contributed by atoms with van der Waals surface area (Å²) in [5.41, 5.74) is 48.1. The molecule has 1 aromatic heterocycles. The van der Waals surface area contributed by atoms with Gasteiger partial charge in [0.05, 0.1) is 21.9 Å². The maximum Gasteiger partial charge on any atom is 0.0734 e. The Morgan fingerprint density at radius 1 is 0.187 bits per heavy atom. The number of nitrogens with zero attached hydrogens (tertiary/aromatic N) is 1. The van der Waals surface area contributed by atoms with Gasteiger partial charge in [0, 0.05) is 39.8 Å². The minimum atomic E-state index is -0.574. The Balaban J connectivity index is 0.000000136.